The van der Waals surface area contributed by atoms with Crippen molar-refractivity contribution in [3.05, 3.63) is 12.2 Å². The molecule has 0 bridgehead atoms. The minimum Gasteiger partial charge on any atom is -0.389 e. The predicted molar refractivity (Wildman–Crippen MR) is 69.3 cm³/mol. The quantitative estimate of drug-likeness (QED) is 0.686. The minimum atomic E-state index is -0.444. The van der Waals surface area contributed by atoms with Crippen LogP contribution >= 0.6 is 0 Å². The van der Waals surface area contributed by atoms with E-state index in [0.717, 1.165) is 19.3 Å². The van der Waals surface area contributed by atoms with Gasteiger partial charge in [-0.3, -0.25) is 0 Å². The van der Waals surface area contributed by atoms with Crippen LogP contribution < -0.4 is 0 Å². The van der Waals surface area contributed by atoms with Crippen LogP contribution in [0.2, 0.25) is 0 Å². The largest absolute Gasteiger partial charge is 0.389 e. The zero-order valence-electron chi connectivity index (χ0n) is 11.4. The molecule has 16 heavy (non-hydrogen) atoms. The van der Waals surface area contributed by atoms with Crippen molar-refractivity contribution < 1.29 is 10.2 Å². The van der Waals surface area contributed by atoms with E-state index < -0.39 is 12.2 Å². The average molecular weight is 228 g/mol. The number of aliphatic hydroxyl groups is 2. The molecule has 0 saturated heterocycles. The minimum absolute atomic E-state index is 0.219. The third-order valence-electron chi connectivity index (χ3n) is 3.21. The summed E-state index contributed by atoms with van der Waals surface area (Å²) >= 11 is 0. The first-order valence-electron chi connectivity index (χ1n) is 6.31. The summed E-state index contributed by atoms with van der Waals surface area (Å²) in [4.78, 5) is 0. The standard InChI is InChI=1S/C14H28O2/c1-6-7-12(15)8-9-13(16)10-11(2)14(3,4)5/h8-9,11-13,15-16H,6-7,10H2,1-5H3/b9-8+. The van der Waals surface area contributed by atoms with Gasteiger partial charge in [-0.05, 0) is 24.2 Å². The van der Waals surface area contributed by atoms with E-state index in [1.165, 1.54) is 0 Å². The fraction of sp³-hybridized carbons (Fsp3) is 0.857. The number of hydrogen-bond acceptors (Lipinski definition) is 2. The molecule has 3 unspecified atom stereocenters. The molecule has 0 aromatic rings. The Morgan fingerprint density at radius 1 is 1.06 bits per heavy atom. The highest BCUT2D eigenvalue weighted by atomic mass is 16.3. The van der Waals surface area contributed by atoms with Crippen molar-refractivity contribution in [2.24, 2.45) is 11.3 Å². The van der Waals surface area contributed by atoms with Gasteiger partial charge >= 0.3 is 0 Å². The maximum absolute atomic E-state index is 9.80. The van der Waals surface area contributed by atoms with Gasteiger partial charge in [0.05, 0.1) is 12.2 Å². The van der Waals surface area contributed by atoms with Crippen LogP contribution in [-0.4, -0.2) is 22.4 Å². The Balaban J connectivity index is 4.03. The Morgan fingerprint density at radius 2 is 1.56 bits per heavy atom. The van der Waals surface area contributed by atoms with Crippen molar-refractivity contribution >= 4 is 0 Å². The van der Waals surface area contributed by atoms with Gasteiger partial charge in [-0.25, -0.2) is 0 Å². The zero-order valence-corrected chi connectivity index (χ0v) is 11.4. The molecule has 0 aliphatic heterocycles. The predicted octanol–water partition coefficient (Wildman–Crippen LogP) is 3.14. The highest BCUT2D eigenvalue weighted by Crippen LogP contribution is 2.29. The van der Waals surface area contributed by atoms with Crippen LogP contribution in [0.3, 0.4) is 0 Å². The topological polar surface area (TPSA) is 40.5 Å². The van der Waals surface area contributed by atoms with E-state index in [2.05, 4.69) is 27.7 Å². The lowest BCUT2D eigenvalue weighted by atomic mass is 9.79. The SMILES string of the molecule is CCCC(O)/C=C/C(O)CC(C)C(C)(C)C. The van der Waals surface area contributed by atoms with Crippen LogP contribution in [0.1, 0.15) is 53.9 Å². The monoisotopic (exact) mass is 228 g/mol. The van der Waals surface area contributed by atoms with Crippen LogP contribution in [0.5, 0.6) is 0 Å². The second-order valence-corrected chi connectivity index (χ2v) is 5.81. The lowest BCUT2D eigenvalue weighted by Crippen LogP contribution is -2.22. The summed E-state index contributed by atoms with van der Waals surface area (Å²) in [7, 11) is 0. The molecule has 0 heterocycles. The molecule has 96 valence electrons. The first-order valence-corrected chi connectivity index (χ1v) is 6.31. The van der Waals surface area contributed by atoms with Crippen molar-refractivity contribution in [1.82, 2.24) is 0 Å². The molecule has 0 amide bonds. The molecular formula is C14H28O2. The lowest BCUT2D eigenvalue weighted by Gasteiger charge is -2.28. The molecule has 2 heteroatoms. The zero-order chi connectivity index (χ0) is 12.8. The molecule has 0 saturated carbocycles. The van der Waals surface area contributed by atoms with Gasteiger partial charge in [0, 0.05) is 0 Å². The maximum atomic E-state index is 9.80. The Morgan fingerprint density at radius 3 is 2.00 bits per heavy atom. The third kappa shape index (κ3) is 7.02. The summed E-state index contributed by atoms with van der Waals surface area (Å²) in [5.74, 6) is 0.454. The molecule has 2 N–H and O–H groups in total. The molecule has 0 rings (SSSR count). The average Bonchev–Trinajstić information content (AvgIpc) is 2.13. The van der Waals surface area contributed by atoms with Gasteiger partial charge in [0.15, 0.2) is 0 Å². The van der Waals surface area contributed by atoms with Crippen molar-refractivity contribution in [2.75, 3.05) is 0 Å². The Bertz CT molecular complexity index is 203. The van der Waals surface area contributed by atoms with Crippen molar-refractivity contribution in [3.63, 3.8) is 0 Å². The summed E-state index contributed by atoms with van der Waals surface area (Å²) in [6, 6.07) is 0. The van der Waals surface area contributed by atoms with Crippen molar-refractivity contribution in [3.8, 4) is 0 Å². The molecular weight excluding hydrogens is 200 g/mol. The first kappa shape index (κ1) is 15.7. The van der Waals surface area contributed by atoms with E-state index in [0.29, 0.717) is 5.92 Å². The van der Waals surface area contributed by atoms with Gasteiger partial charge in [-0.1, -0.05) is 53.2 Å². The van der Waals surface area contributed by atoms with E-state index in [4.69, 9.17) is 0 Å². The normalized spacial score (nSPS) is 18.7. The van der Waals surface area contributed by atoms with E-state index in [1.807, 2.05) is 6.92 Å². The second-order valence-electron chi connectivity index (χ2n) is 5.81. The third-order valence-corrected chi connectivity index (χ3v) is 3.21. The number of rotatable bonds is 6. The van der Waals surface area contributed by atoms with Gasteiger partial charge in [0.2, 0.25) is 0 Å². The summed E-state index contributed by atoms with van der Waals surface area (Å²) in [5, 5.41) is 19.3. The fourth-order valence-corrected chi connectivity index (χ4v) is 1.44. The summed E-state index contributed by atoms with van der Waals surface area (Å²) < 4.78 is 0. The van der Waals surface area contributed by atoms with Crippen LogP contribution in [0.25, 0.3) is 0 Å². The molecule has 2 nitrogen and oxygen atoms in total. The Kier molecular flexibility index (Phi) is 6.93. The van der Waals surface area contributed by atoms with Gasteiger partial charge < -0.3 is 10.2 Å². The fourth-order valence-electron chi connectivity index (χ4n) is 1.44. The van der Waals surface area contributed by atoms with Gasteiger partial charge in [0.25, 0.3) is 0 Å². The van der Waals surface area contributed by atoms with Crippen molar-refractivity contribution in [1.29, 1.82) is 0 Å². The van der Waals surface area contributed by atoms with Gasteiger partial charge in [-0.15, -0.1) is 0 Å². The highest BCUT2D eigenvalue weighted by Gasteiger charge is 2.21. The lowest BCUT2D eigenvalue weighted by molar-refractivity contribution is 0.141. The maximum Gasteiger partial charge on any atom is 0.0724 e. The molecule has 0 aliphatic rings. The molecule has 0 radical (unpaired) electrons. The van der Waals surface area contributed by atoms with Gasteiger partial charge in [0.1, 0.15) is 0 Å². The molecule has 0 spiro atoms. The van der Waals surface area contributed by atoms with E-state index in [-0.39, 0.29) is 5.41 Å². The molecule has 0 fully saturated rings. The van der Waals surface area contributed by atoms with E-state index in [9.17, 15) is 10.2 Å². The summed E-state index contributed by atoms with van der Waals surface area (Å²) in [6.45, 7) is 10.7. The molecule has 0 aromatic carbocycles. The highest BCUT2D eigenvalue weighted by molar-refractivity contribution is 4.94. The molecule has 0 aliphatic carbocycles. The molecule has 3 atom stereocenters. The Labute approximate surface area is 100 Å². The molecule has 0 aromatic heterocycles. The summed E-state index contributed by atoms with van der Waals surface area (Å²) in [6.07, 6.45) is 5.05. The number of hydrogen-bond donors (Lipinski definition) is 2. The first-order chi connectivity index (χ1) is 7.27. The van der Waals surface area contributed by atoms with Crippen LogP contribution in [0.15, 0.2) is 12.2 Å². The van der Waals surface area contributed by atoms with E-state index >= 15 is 0 Å². The van der Waals surface area contributed by atoms with Crippen molar-refractivity contribution in [2.45, 2.75) is 66.1 Å². The van der Waals surface area contributed by atoms with Crippen LogP contribution in [-0.2, 0) is 0 Å². The van der Waals surface area contributed by atoms with Crippen LogP contribution in [0.4, 0.5) is 0 Å². The van der Waals surface area contributed by atoms with Crippen LogP contribution in [0, 0.1) is 11.3 Å². The van der Waals surface area contributed by atoms with Gasteiger partial charge in [-0.2, -0.15) is 0 Å². The van der Waals surface area contributed by atoms with E-state index in [1.54, 1.807) is 12.2 Å². The Hall–Kier alpha value is -0.340. The summed E-state index contributed by atoms with van der Waals surface area (Å²) in [5.41, 5.74) is 0.219. The smallest absolute Gasteiger partial charge is 0.0724 e. The number of aliphatic hydroxyl groups excluding tert-OH is 2. The second kappa shape index (κ2) is 7.08.